The normalized spacial score (nSPS) is 18.1. The van der Waals surface area contributed by atoms with Crippen molar-refractivity contribution in [1.82, 2.24) is 9.88 Å². The van der Waals surface area contributed by atoms with Crippen molar-refractivity contribution in [2.75, 3.05) is 11.6 Å². The van der Waals surface area contributed by atoms with Gasteiger partial charge in [0, 0.05) is 11.1 Å². The lowest BCUT2D eigenvalue weighted by atomic mass is 10.2. The number of thioether (sulfide) groups is 1. The zero-order chi connectivity index (χ0) is 14.8. The number of aliphatic carboxylic acids is 1. The van der Waals surface area contributed by atoms with E-state index >= 15 is 0 Å². The van der Waals surface area contributed by atoms with Crippen molar-refractivity contribution in [3.05, 3.63) is 28.6 Å². The highest BCUT2D eigenvalue weighted by Gasteiger charge is 2.34. The molecular weight excluding hydrogens is 328 g/mol. The van der Waals surface area contributed by atoms with Crippen molar-refractivity contribution in [3.63, 3.8) is 0 Å². The number of hydrogen-bond acceptors (Lipinski definition) is 6. The number of aromatic nitrogens is 1. The molecule has 0 unspecified atom stereocenters. The van der Waals surface area contributed by atoms with Crippen LogP contribution >= 0.6 is 34.4 Å². The third-order valence-electron chi connectivity index (χ3n) is 3.10. The highest BCUT2D eigenvalue weighted by Crippen LogP contribution is 2.28. The predicted octanol–water partition coefficient (Wildman–Crippen LogP) is 2.40. The summed E-state index contributed by atoms with van der Waals surface area (Å²) in [6.07, 6.45) is 0.159. The first-order valence-corrected chi connectivity index (χ1v) is 9.15. The molecule has 8 heteroatoms. The first-order chi connectivity index (χ1) is 10.1. The predicted molar refractivity (Wildman–Crippen MR) is 84.7 cm³/mol. The Morgan fingerprint density at radius 1 is 1.43 bits per heavy atom. The second-order valence-electron chi connectivity index (χ2n) is 4.52. The first kappa shape index (κ1) is 14.6. The summed E-state index contributed by atoms with van der Waals surface area (Å²) in [4.78, 5) is 30.3. The molecule has 1 atom stereocenters. The molecule has 0 saturated carbocycles. The second kappa shape index (κ2) is 6.17. The molecule has 3 heterocycles. The van der Waals surface area contributed by atoms with Gasteiger partial charge in [0.2, 0.25) is 5.91 Å². The quantitative estimate of drug-likeness (QED) is 0.925. The van der Waals surface area contributed by atoms with Gasteiger partial charge in [-0.1, -0.05) is 6.07 Å². The van der Waals surface area contributed by atoms with Crippen LogP contribution in [0.25, 0.3) is 9.88 Å². The lowest BCUT2D eigenvalue weighted by molar-refractivity contribution is -0.147. The maximum absolute atomic E-state index is 12.2. The molecule has 3 rings (SSSR count). The van der Waals surface area contributed by atoms with Crippen LogP contribution in [0, 0.1) is 0 Å². The van der Waals surface area contributed by atoms with Crippen molar-refractivity contribution in [1.29, 1.82) is 0 Å². The molecule has 1 aliphatic heterocycles. The number of nitrogens with zero attached hydrogens (tertiary/aromatic N) is 2. The van der Waals surface area contributed by atoms with Crippen LogP contribution in [0.1, 0.15) is 5.69 Å². The van der Waals surface area contributed by atoms with Gasteiger partial charge in [-0.25, -0.2) is 9.78 Å². The van der Waals surface area contributed by atoms with Crippen LogP contribution in [-0.4, -0.2) is 44.5 Å². The smallest absolute Gasteiger partial charge is 0.327 e. The Bertz CT molecular complexity index is 653. The standard InChI is InChI=1S/C13H12N2O3S3/c16-11(15-7-19-6-9(15)13(17)18)4-8-5-21-12(14-8)10-2-1-3-20-10/h1-3,5,9H,4,6-7H2,(H,17,18)/t9-/m0/s1. The second-order valence-corrected chi connectivity index (χ2v) is 7.32. The van der Waals surface area contributed by atoms with Crippen LogP contribution < -0.4 is 0 Å². The fraction of sp³-hybridized carbons (Fsp3) is 0.308. The Morgan fingerprint density at radius 3 is 3.00 bits per heavy atom. The molecule has 0 aliphatic carbocycles. The van der Waals surface area contributed by atoms with Gasteiger partial charge in [-0.2, -0.15) is 0 Å². The molecule has 1 fully saturated rings. The first-order valence-electron chi connectivity index (χ1n) is 6.23. The third-order valence-corrected chi connectivity index (χ3v) is 6.05. The van der Waals surface area contributed by atoms with E-state index in [1.165, 1.54) is 28.0 Å². The van der Waals surface area contributed by atoms with Crippen LogP contribution in [0.5, 0.6) is 0 Å². The van der Waals surface area contributed by atoms with Crippen LogP contribution in [0.2, 0.25) is 0 Å². The average Bonchev–Trinajstić information content (AvgIpc) is 3.19. The van der Waals surface area contributed by atoms with E-state index in [4.69, 9.17) is 5.11 Å². The molecule has 2 aromatic rings. The summed E-state index contributed by atoms with van der Waals surface area (Å²) in [7, 11) is 0. The van der Waals surface area contributed by atoms with E-state index in [9.17, 15) is 9.59 Å². The lowest BCUT2D eigenvalue weighted by Crippen LogP contribution is -2.42. The number of thiophene rings is 1. The lowest BCUT2D eigenvalue weighted by Gasteiger charge is -2.19. The molecule has 110 valence electrons. The third kappa shape index (κ3) is 3.12. The number of carboxylic acids is 1. The van der Waals surface area contributed by atoms with Crippen molar-refractivity contribution in [2.24, 2.45) is 0 Å². The zero-order valence-corrected chi connectivity index (χ0v) is 13.3. The van der Waals surface area contributed by atoms with E-state index in [1.54, 1.807) is 11.3 Å². The molecule has 1 amide bonds. The summed E-state index contributed by atoms with van der Waals surface area (Å²) in [6, 6.07) is 3.25. The maximum Gasteiger partial charge on any atom is 0.327 e. The van der Waals surface area contributed by atoms with Gasteiger partial charge in [0.15, 0.2) is 0 Å². The van der Waals surface area contributed by atoms with Gasteiger partial charge in [0.05, 0.1) is 22.9 Å². The van der Waals surface area contributed by atoms with Gasteiger partial charge >= 0.3 is 5.97 Å². The molecule has 0 aromatic carbocycles. The minimum Gasteiger partial charge on any atom is -0.480 e. The molecule has 0 radical (unpaired) electrons. The molecular formula is C13H12N2O3S3. The number of carbonyl (C=O) groups excluding carboxylic acids is 1. The van der Waals surface area contributed by atoms with Crippen LogP contribution in [0.4, 0.5) is 0 Å². The summed E-state index contributed by atoms with van der Waals surface area (Å²) in [5.41, 5.74) is 0.703. The van der Waals surface area contributed by atoms with Crippen LogP contribution in [0.15, 0.2) is 22.9 Å². The summed E-state index contributed by atoms with van der Waals surface area (Å²) < 4.78 is 0. The minimum atomic E-state index is -0.939. The summed E-state index contributed by atoms with van der Waals surface area (Å²) in [5, 5.41) is 13.9. The number of rotatable bonds is 4. The molecule has 21 heavy (non-hydrogen) atoms. The highest BCUT2D eigenvalue weighted by atomic mass is 32.2. The van der Waals surface area contributed by atoms with Gasteiger partial charge in [-0.15, -0.1) is 34.4 Å². The Labute approximate surface area is 133 Å². The van der Waals surface area contributed by atoms with Gasteiger partial charge < -0.3 is 10.0 Å². The average molecular weight is 340 g/mol. The Morgan fingerprint density at radius 2 is 2.29 bits per heavy atom. The molecule has 0 bridgehead atoms. The summed E-state index contributed by atoms with van der Waals surface area (Å²) >= 11 is 4.58. The van der Waals surface area contributed by atoms with E-state index in [1.807, 2.05) is 22.9 Å². The van der Waals surface area contributed by atoms with Crippen molar-refractivity contribution in [3.8, 4) is 9.88 Å². The Hall–Kier alpha value is -1.38. The van der Waals surface area contributed by atoms with Crippen LogP contribution in [0.3, 0.4) is 0 Å². The van der Waals surface area contributed by atoms with Gasteiger partial charge in [0.1, 0.15) is 11.0 Å². The highest BCUT2D eigenvalue weighted by molar-refractivity contribution is 7.99. The topological polar surface area (TPSA) is 70.5 Å². The maximum atomic E-state index is 12.2. The van der Waals surface area contributed by atoms with Gasteiger partial charge in [-0.05, 0) is 11.4 Å². The van der Waals surface area contributed by atoms with Crippen molar-refractivity contribution in [2.45, 2.75) is 12.5 Å². The number of carbonyl (C=O) groups is 2. The largest absolute Gasteiger partial charge is 0.480 e. The Kier molecular flexibility index (Phi) is 4.27. The monoisotopic (exact) mass is 340 g/mol. The fourth-order valence-electron chi connectivity index (χ4n) is 2.05. The molecule has 5 nitrogen and oxygen atoms in total. The molecule has 0 spiro atoms. The van der Waals surface area contributed by atoms with Crippen molar-refractivity contribution < 1.29 is 14.7 Å². The van der Waals surface area contributed by atoms with E-state index in [2.05, 4.69) is 4.98 Å². The Balaban J connectivity index is 1.69. The van der Waals surface area contributed by atoms with Crippen LogP contribution in [-0.2, 0) is 16.0 Å². The van der Waals surface area contributed by atoms with E-state index in [0.717, 1.165) is 9.88 Å². The molecule has 1 N–H and O–H groups in total. The molecule has 1 aliphatic rings. The SMILES string of the molecule is O=C(O)[C@@H]1CSCN1C(=O)Cc1csc(-c2cccs2)n1. The minimum absolute atomic E-state index is 0.159. The number of carboxylic acid groups (broad SMARTS) is 1. The number of thiazole rings is 1. The molecule has 2 aromatic heterocycles. The summed E-state index contributed by atoms with van der Waals surface area (Å²) in [6.45, 7) is 0. The zero-order valence-electron chi connectivity index (χ0n) is 10.9. The van der Waals surface area contributed by atoms with Crippen molar-refractivity contribution >= 4 is 46.3 Å². The van der Waals surface area contributed by atoms with E-state index < -0.39 is 12.0 Å². The van der Waals surface area contributed by atoms with E-state index in [0.29, 0.717) is 17.3 Å². The number of amides is 1. The fourth-order valence-corrected chi connectivity index (χ4v) is 4.86. The van der Waals surface area contributed by atoms with Gasteiger partial charge in [-0.3, -0.25) is 4.79 Å². The molecule has 1 saturated heterocycles. The van der Waals surface area contributed by atoms with Gasteiger partial charge in [0.25, 0.3) is 0 Å². The number of hydrogen-bond donors (Lipinski definition) is 1. The van der Waals surface area contributed by atoms with E-state index in [-0.39, 0.29) is 12.3 Å². The summed E-state index contributed by atoms with van der Waals surface area (Å²) in [5.74, 6) is -0.211.